The lowest BCUT2D eigenvalue weighted by Crippen LogP contribution is -2.50. The van der Waals surface area contributed by atoms with Crippen molar-refractivity contribution in [3.05, 3.63) is 34.7 Å². The molecule has 0 saturated heterocycles. The van der Waals surface area contributed by atoms with Gasteiger partial charge in [-0.2, -0.15) is 5.10 Å². The lowest BCUT2D eigenvalue weighted by atomic mass is 9.47. The van der Waals surface area contributed by atoms with Gasteiger partial charge in [0.2, 0.25) is 0 Å². The maximum Gasteiger partial charge on any atom is 0.165 e. The third kappa shape index (κ3) is 2.60. The standard InChI is InChI=1S/C25H32N2O2/c1-15-17(14-26-27(15)4)11-16-12-22-20-6-5-18-13-19(28)7-9-24(18,2)21(20)8-10-25(22,3)23(16)29/h11,13-14,20-22H,5-10,12H2,1-4H3/b16-11+/t20-,21+,22+,24+,25+/m0/s1. The molecule has 5 rings (SSSR count). The minimum Gasteiger partial charge on any atom is -0.295 e. The summed E-state index contributed by atoms with van der Waals surface area (Å²) in [4.78, 5) is 25.5. The number of allylic oxidation sites excluding steroid dienone is 2. The minimum atomic E-state index is -0.217. The van der Waals surface area contributed by atoms with Crippen molar-refractivity contribution in [1.29, 1.82) is 0 Å². The summed E-state index contributed by atoms with van der Waals surface area (Å²) < 4.78 is 1.87. The van der Waals surface area contributed by atoms with Crippen molar-refractivity contribution in [2.75, 3.05) is 0 Å². The van der Waals surface area contributed by atoms with E-state index in [-0.39, 0.29) is 10.8 Å². The van der Waals surface area contributed by atoms with Gasteiger partial charge in [-0.15, -0.1) is 0 Å². The molecule has 0 unspecified atom stereocenters. The fraction of sp³-hybridized carbons (Fsp3) is 0.640. The summed E-state index contributed by atoms with van der Waals surface area (Å²) in [5.74, 6) is 2.32. The molecule has 0 spiro atoms. The van der Waals surface area contributed by atoms with Crippen molar-refractivity contribution in [2.45, 2.75) is 65.7 Å². The molecule has 29 heavy (non-hydrogen) atoms. The van der Waals surface area contributed by atoms with Crippen molar-refractivity contribution < 1.29 is 9.59 Å². The van der Waals surface area contributed by atoms with Gasteiger partial charge < -0.3 is 0 Å². The Morgan fingerprint density at radius 3 is 2.62 bits per heavy atom. The smallest absolute Gasteiger partial charge is 0.165 e. The average Bonchev–Trinajstić information content (AvgIpc) is 3.14. The average molecular weight is 393 g/mol. The van der Waals surface area contributed by atoms with Gasteiger partial charge in [-0.05, 0) is 86.3 Å². The predicted octanol–water partition coefficient (Wildman–Crippen LogP) is 4.82. The highest BCUT2D eigenvalue weighted by Crippen LogP contribution is 2.65. The molecular weight excluding hydrogens is 360 g/mol. The maximum absolute atomic E-state index is 13.5. The predicted molar refractivity (Wildman–Crippen MR) is 113 cm³/mol. The van der Waals surface area contributed by atoms with Crippen LogP contribution in [0.4, 0.5) is 0 Å². The summed E-state index contributed by atoms with van der Waals surface area (Å²) in [5, 5.41) is 4.34. The van der Waals surface area contributed by atoms with Crippen LogP contribution in [0.25, 0.3) is 6.08 Å². The number of fused-ring (bicyclic) bond motifs is 5. The highest BCUT2D eigenvalue weighted by Gasteiger charge is 2.60. The first-order chi connectivity index (χ1) is 13.7. The molecule has 3 saturated carbocycles. The van der Waals surface area contributed by atoms with Crippen LogP contribution >= 0.6 is 0 Å². The van der Waals surface area contributed by atoms with E-state index in [1.807, 2.05) is 24.0 Å². The zero-order valence-electron chi connectivity index (χ0n) is 18.1. The van der Waals surface area contributed by atoms with E-state index in [0.29, 0.717) is 35.7 Å². The third-order valence-corrected chi connectivity index (χ3v) is 9.20. The van der Waals surface area contributed by atoms with Gasteiger partial charge in [0.1, 0.15) is 0 Å². The Morgan fingerprint density at radius 2 is 1.90 bits per heavy atom. The topological polar surface area (TPSA) is 52.0 Å². The molecule has 0 amide bonds. The fourth-order valence-electron chi connectivity index (χ4n) is 7.20. The van der Waals surface area contributed by atoms with Crippen molar-refractivity contribution in [2.24, 2.45) is 35.6 Å². The molecule has 0 radical (unpaired) electrons. The molecule has 1 heterocycles. The Balaban J connectivity index is 1.49. The number of aryl methyl sites for hydroxylation is 1. The van der Waals surface area contributed by atoms with Crippen LogP contribution in [0.3, 0.4) is 0 Å². The van der Waals surface area contributed by atoms with Crippen LogP contribution in [-0.4, -0.2) is 21.3 Å². The molecule has 4 aliphatic carbocycles. The second kappa shape index (κ2) is 6.26. The monoisotopic (exact) mass is 392 g/mol. The van der Waals surface area contributed by atoms with Crippen LogP contribution < -0.4 is 0 Å². The van der Waals surface area contributed by atoms with Gasteiger partial charge in [0.05, 0.1) is 6.20 Å². The summed E-state index contributed by atoms with van der Waals surface area (Å²) in [6, 6.07) is 0. The second-order valence-electron chi connectivity index (χ2n) is 10.4. The van der Waals surface area contributed by atoms with Gasteiger partial charge in [-0.1, -0.05) is 19.4 Å². The SMILES string of the molecule is Cc1c(/C=C2\C[C@@H]3[C@H]4CCC5=CC(=O)CC[C@@]5(C)[C@@H]4CC[C@@]3(C)C2=O)cnn1C. The van der Waals surface area contributed by atoms with Crippen LogP contribution in [0, 0.1) is 35.5 Å². The molecule has 0 aliphatic heterocycles. The van der Waals surface area contributed by atoms with Crippen molar-refractivity contribution >= 4 is 17.6 Å². The summed E-state index contributed by atoms with van der Waals surface area (Å²) in [6.07, 6.45) is 12.8. The molecule has 4 nitrogen and oxygen atoms in total. The molecule has 0 N–H and O–H groups in total. The van der Waals surface area contributed by atoms with Crippen LogP contribution in [0.2, 0.25) is 0 Å². The van der Waals surface area contributed by atoms with E-state index in [2.05, 4.69) is 31.9 Å². The summed E-state index contributed by atoms with van der Waals surface area (Å²) in [7, 11) is 1.95. The lowest BCUT2D eigenvalue weighted by Gasteiger charge is -2.56. The van der Waals surface area contributed by atoms with E-state index in [1.165, 1.54) is 5.57 Å². The Bertz CT molecular complexity index is 967. The van der Waals surface area contributed by atoms with E-state index in [1.54, 1.807) is 0 Å². The molecule has 4 heteroatoms. The van der Waals surface area contributed by atoms with Gasteiger partial charge >= 0.3 is 0 Å². The van der Waals surface area contributed by atoms with Crippen molar-refractivity contribution in [1.82, 2.24) is 9.78 Å². The first-order valence-electron chi connectivity index (χ1n) is 11.2. The number of nitrogens with zero attached hydrogens (tertiary/aromatic N) is 2. The normalized spacial score (nSPS) is 40.5. The largest absolute Gasteiger partial charge is 0.295 e. The summed E-state index contributed by atoms with van der Waals surface area (Å²) in [5.41, 5.74) is 4.51. The Morgan fingerprint density at radius 1 is 1.10 bits per heavy atom. The molecule has 154 valence electrons. The highest BCUT2D eigenvalue weighted by molar-refractivity contribution is 6.06. The zero-order chi connectivity index (χ0) is 20.6. The molecule has 4 aliphatic rings. The van der Waals surface area contributed by atoms with Crippen LogP contribution in [0.15, 0.2) is 23.4 Å². The third-order valence-electron chi connectivity index (χ3n) is 9.20. The quantitative estimate of drug-likeness (QED) is 0.644. The lowest BCUT2D eigenvalue weighted by molar-refractivity contribution is -0.130. The van der Waals surface area contributed by atoms with E-state index in [4.69, 9.17) is 0 Å². The minimum absolute atomic E-state index is 0.160. The van der Waals surface area contributed by atoms with Gasteiger partial charge in [-0.25, -0.2) is 0 Å². The van der Waals surface area contributed by atoms with Crippen molar-refractivity contribution in [3.63, 3.8) is 0 Å². The molecule has 5 atom stereocenters. The fourth-order valence-corrected chi connectivity index (χ4v) is 7.20. The number of hydrogen-bond acceptors (Lipinski definition) is 3. The van der Waals surface area contributed by atoms with E-state index < -0.39 is 0 Å². The van der Waals surface area contributed by atoms with Crippen LogP contribution in [0.1, 0.15) is 70.1 Å². The number of aromatic nitrogens is 2. The zero-order valence-corrected chi connectivity index (χ0v) is 18.1. The number of rotatable bonds is 1. The summed E-state index contributed by atoms with van der Waals surface area (Å²) in [6.45, 7) is 6.69. The number of Topliss-reactive ketones (excluding diaryl/α,β-unsaturated/α-hetero) is 1. The van der Waals surface area contributed by atoms with Gasteiger partial charge in [0.15, 0.2) is 11.6 Å². The molecule has 1 aromatic rings. The van der Waals surface area contributed by atoms with Crippen LogP contribution in [-0.2, 0) is 16.6 Å². The second-order valence-corrected chi connectivity index (χ2v) is 10.4. The number of ketones is 2. The van der Waals surface area contributed by atoms with Crippen LogP contribution in [0.5, 0.6) is 0 Å². The van der Waals surface area contributed by atoms with E-state index in [0.717, 1.165) is 55.4 Å². The Kier molecular flexibility index (Phi) is 4.11. The van der Waals surface area contributed by atoms with E-state index in [9.17, 15) is 9.59 Å². The summed E-state index contributed by atoms with van der Waals surface area (Å²) >= 11 is 0. The van der Waals surface area contributed by atoms with E-state index >= 15 is 0 Å². The highest BCUT2D eigenvalue weighted by atomic mass is 16.1. The number of carbonyl (C=O) groups excluding carboxylic acids is 2. The van der Waals surface area contributed by atoms with Crippen molar-refractivity contribution in [3.8, 4) is 0 Å². The molecule has 1 aromatic heterocycles. The molecule has 3 fully saturated rings. The molecule has 0 aromatic carbocycles. The number of carbonyl (C=O) groups is 2. The molecular formula is C25H32N2O2. The molecule has 0 bridgehead atoms. The Hall–Kier alpha value is -1.97. The van der Waals surface area contributed by atoms with Gasteiger partial charge in [-0.3, -0.25) is 14.3 Å². The number of hydrogen-bond donors (Lipinski definition) is 0. The van der Waals surface area contributed by atoms with Gasteiger partial charge in [0, 0.05) is 30.1 Å². The first kappa shape index (κ1) is 19.0. The Labute approximate surface area is 173 Å². The maximum atomic E-state index is 13.5. The van der Waals surface area contributed by atoms with Gasteiger partial charge in [0.25, 0.3) is 0 Å². The first-order valence-corrected chi connectivity index (χ1v) is 11.2.